The molecular formula is C10H13Cl2N5. The van der Waals surface area contributed by atoms with Gasteiger partial charge in [-0.3, -0.25) is 10.8 Å². The minimum absolute atomic E-state index is 0.110. The number of allylic oxidation sites excluding steroid dienone is 1. The molecule has 0 amide bonds. The molecule has 0 aromatic carbocycles. The van der Waals surface area contributed by atoms with E-state index >= 15 is 0 Å². The number of halogens is 2. The summed E-state index contributed by atoms with van der Waals surface area (Å²) in [6, 6.07) is 2.04. The number of rotatable bonds is 8. The van der Waals surface area contributed by atoms with Gasteiger partial charge in [0.2, 0.25) is 0 Å². The van der Waals surface area contributed by atoms with E-state index in [9.17, 15) is 0 Å². The van der Waals surface area contributed by atoms with Gasteiger partial charge in [-0.2, -0.15) is 10.4 Å². The lowest BCUT2D eigenvalue weighted by Crippen LogP contribution is -2.05. The van der Waals surface area contributed by atoms with Crippen LogP contribution >= 0.6 is 23.2 Å². The van der Waals surface area contributed by atoms with Gasteiger partial charge in [0.1, 0.15) is 10.3 Å². The minimum Gasteiger partial charge on any atom is -0.304 e. The highest BCUT2D eigenvalue weighted by Crippen LogP contribution is 2.00. The summed E-state index contributed by atoms with van der Waals surface area (Å²) in [5.74, 6) is 0. The fraction of sp³-hybridized carbons (Fsp3) is 0.400. The van der Waals surface area contributed by atoms with Crippen LogP contribution < -0.4 is 5.43 Å². The molecule has 0 rings (SSSR count). The molecule has 7 heteroatoms. The maximum atomic E-state index is 8.32. The molecule has 0 bridgehead atoms. The highest BCUT2D eigenvalue weighted by Gasteiger charge is 1.94. The van der Waals surface area contributed by atoms with Crippen LogP contribution in [0.25, 0.3) is 0 Å². The van der Waals surface area contributed by atoms with E-state index in [2.05, 4.69) is 10.5 Å². The van der Waals surface area contributed by atoms with Crippen LogP contribution in [-0.4, -0.2) is 17.1 Å². The smallest absolute Gasteiger partial charge is 0.125 e. The Morgan fingerprint density at radius 3 is 2.65 bits per heavy atom. The Hall–Kier alpha value is -1.38. The number of hydrogen-bond acceptors (Lipinski definition) is 5. The van der Waals surface area contributed by atoms with Gasteiger partial charge in [-0.25, -0.2) is 0 Å². The largest absolute Gasteiger partial charge is 0.304 e. The Labute approximate surface area is 110 Å². The first-order valence-corrected chi connectivity index (χ1v) is 5.66. The fourth-order valence-electron chi connectivity index (χ4n) is 0.899. The van der Waals surface area contributed by atoms with Gasteiger partial charge in [0.15, 0.2) is 0 Å². The molecule has 0 fully saturated rings. The van der Waals surface area contributed by atoms with Crippen LogP contribution in [0.2, 0.25) is 0 Å². The summed E-state index contributed by atoms with van der Waals surface area (Å²) in [7, 11) is 0. The molecule has 5 nitrogen and oxygen atoms in total. The molecule has 0 radical (unpaired) electrons. The van der Waals surface area contributed by atoms with Crippen molar-refractivity contribution in [3.63, 3.8) is 0 Å². The normalized spacial score (nSPS) is 11.2. The van der Waals surface area contributed by atoms with Gasteiger partial charge in [0.25, 0.3) is 0 Å². The van der Waals surface area contributed by atoms with E-state index < -0.39 is 0 Å². The second-order valence-corrected chi connectivity index (χ2v) is 3.92. The van der Waals surface area contributed by atoms with E-state index in [0.717, 1.165) is 12.8 Å². The standard InChI is InChI=1S/C10H13Cl2N5/c11-9(15)6-10(12)17-16-7-8(14)4-2-1-3-5-13/h6-7,14-15,17H,1-4H2/b10-6-,14-8?,15-9?,16-7-. The molecule has 0 saturated carbocycles. The van der Waals surface area contributed by atoms with E-state index in [0.29, 0.717) is 18.6 Å². The summed E-state index contributed by atoms with van der Waals surface area (Å²) in [5.41, 5.74) is 2.77. The minimum atomic E-state index is -0.204. The monoisotopic (exact) mass is 273 g/mol. The first-order chi connectivity index (χ1) is 8.06. The Kier molecular flexibility index (Phi) is 9.02. The Bertz CT molecular complexity index is 367. The van der Waals surface area contributed by atoms with Crippen molar-refractivity contribution < 1.29 is 0 Å². The van der Waals surface area contributed by atoms with Crippen LogP contribution in [0.15, 0.2) is 16.3 Å². The van der Waals surface area contributed by atoms with E-state index in [1.807, 2.05) is 6.07 Å². The molecule has 0 aliphatic heterocycles. The quantitative estimate of drug-likeness (QED) is 0.274. The lowest BCUT2D eigenvalue weighted by molar-refractivity contribution is 0.784. The van der Waals surface area contributed by atoms with Gasteiger partial charge in [-0.15, -0.1) is 0 Å². The van der Waals surface area contributed by atoms with Gasteiger partial charge in [0, 0.05) is 12.5 Å². The summed E-state index contributed by atoms with van der Waals surface area (Å²) in [4.78, 5) is 0. The van der Waals surface area contributed by atoms with Crippen LogP contribution in [0.1, 0.15) is 25.7 Å². The van der Waals surface area contributed by atoms with Crippen molar-refractivity contribution in [1.29, 1.82) is 16.1 Å². The third-order valence-corrected chi connectivity index (χ3v) is 1.93. The van der Waals surface area contributed by atoms with Crippen LogP contribution in [0.5, 0.6) is 0 Å². The van der Waals surface area contributed by atoms with Crippen molar-refractivity contribution in [2.24, 2.45) is 5.10 Å². The number of nitriles is 1. The fourth-order valence-corrected chi connectivity index (χ4v) is 1.22. The highest BCUT2D eigenvalue weighted by atomic mass is 35.5. The molecule has 0 aromatic heterocycles. The van der Waals surface area contributed by atoms with Gasteiger partial charge >= 0.3 is 0 Å². The molecule has 0 spiro atoms. The average molecular weight is 274 g/mol. The van der Waals surface area contributed by atoms with Gasteiger partial charge in [-0.1, -0.05) is 23.2 Å². The summed E-state index contributed by atoms with van der Waals surface area (Å²) >= 11 is 10.9. The first kappa shape index (κ1) is 15.6. The van der Waals surface area contributed by atoms with Gasteiger partial charge < -0.3 is 5.41 Å². The maximum Gasteiger partial charge on any atom is 0.125 e. The van der Waals surface area contributed by atoms with Gasteiger partial charge in [0.05, 0.1) is 18.0 Å². The summed E-state index contributed by atoms with van der Waals surface area (Å²) < 4.78 is 0. The molecule has 92 valence electrons. The number of hydrazone groups is 1. The van der Waals surface area contributed by atoms with Crippen molar-refractivity contribution in [3.8, 4) is 6.07 Å². The number of hydrogen-bond donors (Lipinski definition) is 3. The van der Waals surface area contributed by atoms with Crippen molar-refractivity contribution in [3.05, 3.63) is 11.2 Å². The van der Waals surface area contributed by atoms with E-state index in [1.165, 1.54) is 12.3 Å². The molecule has 0 aromatic rings. The predicted molar refractivity (Wildman–Crippen MR) is 71.0 cm³/mol. The zero-order valence-corrected chi connectivity index (χ0v) is 10.6. The van der Waals surface area contributed by atoms with E-state index in [-0.39, 0.29) is 10.3 Å². The third-order valence-electron chi connectivity index (χ3n) is 1.63. The lowest BCUT2D eigenvalue weighted by atomic mass is 10.1. The molecule has 17 heavy (non-hydrogen) atoms. The second kappa shape index (κ2) is 9.82. The molecular weight excluding hydrogens is 261 g/mol. The molecule has 0 atom stereocenters. The van der Waals surface area contributed by atoms with Crippen molar-refractivity contribution in [2.75, 3.05) is 0 Å². The van der Waals surface area contributed by atoms with Crippen LogP contribution in [0, 0.1) is 22.1 Å². The Balaban J connectivity index is 3.81. The number of nitrogens with zero attached hydrogens (tertiary/aromatic N) is 2. The first-order valence-electron chi connectivity index (χ1n) is 4.91. The van der Waals surface area contributed by atoms with Crippen LogP contribution in [0.3, 0.4) is 0 Å². The molecule has 0 aliphatic carbocycles. The Morgan fingerprint density at radius 1 is 1.35 bits per heavy atom. The highest BCUT2D eigenvalue weighted by molar-refractivity contribution is 6.68. The van der Waals surface area contributed by atoms with E-state index in [4.69, 9.17) is 39.3 Å². The summed E-state index contributed by atoms with van der Waals surface area (Å²) in [6.07, 6.45) is 5.17. The lowest BCUT2D eigenvalue weighted by Gasteiger charge is -1.98. The number of nitrogens with one attached hydrogen (secondary N) is 3. The van der Waals surface area contributed by atoms with Crippen molar-refractivity contribution in [1.82, 2.24) is 5.43 Å². The van der Waals surface area contributed by atoms with Crippen LogP contribution in [-0.2, 0) is 0 Å². The summed E-state index contributed by atoms with van der Waals surface area (Å²) in [6.45, 7) is 0. The Morgan fingerprint density at radius 2 is 2.06 bits per heavy atom. The molecule has 0 saturated heterocycles. The maximum absolute atomic E-state index is 8.32. The second-order valence-electron chi connectivity index (χ2n) is 3.10. The molecule has 0 aliphatic rings. The number of unbranched alkanes of at least 4 members (excludes halogenated alkanes) is 2. The molecule has 0 heterocycles. The average Bonchev–Trinajstić information content (AvgIpc) is 2.23. The predicted octanol–water partition coefficient (Wildman–Crippen LogP) is 2.96. The van der Waals surface area contributed by atoms with E-state index in [1.54, 1.807) is 0 Å². The van der Waals surface area contributed by atoms with Gasteiger partial charge in [-0.05, 0) is 19.3 Å². The zero-order chi connectivity index (χ0) is 13.1. The molecule has 0 unspecified atom stereocenters. The molecule has 3 N–H and O–H groups in total. The summed E-state index contributed by atoms with van der Waals surface area (Å²) in [5, 5.41) is 26.4. The van der Waals surface area contributed by atoms with Crippen molar-refractivity contribution >= 4 is 40.3 Å². The third kappa shape index (κ3) is 10.9. The topological polar surface area (TPSA) is 95.9 Å². The van der Waals surface area contributed by atoms with Crippen molar-refractivity contribution in [2.45, 2.75) is 25.7 Å². The zero-order valence-electron chi connectivity index (χ0n) is 9.13. The van der Waals surface area contributed by atoms with Crippen LogP contribution in [0.4, 0.5) is 0 Å². The SMILES string of the molecule is N#CCCCCC(=N)/C=N\N/C(Cl)=C\C(=N)Cl.